The molecule has 0 bridgehead atoms. The number of aryl methyl sites for hydroxylation is 2. The summed E-state index contributed by atoms with van der Waals surface area (Å²) in [5.74, 6) is -0.227. The number of halogens is 3. The lowest BCUT2D eigenvalue weighted by Crippen LogP contribution is -2.10. The highest BCUT2D eigenvalue weighted by molar-refractivity contribution is 7.99. The minimum Gasteiger partial charge on any atom is -0.361 e. The molecule has 0 amide bonds. The van der Waals surface area contributed by atoms with Crippen LogP contribution < -0.4 is 0 Å². The number of aromatic nitrogens is 1. The van der Waals surface area contributed by atoms with Gasteiger partial charge in [0.05, 0.1) is 5.75 Å². The maximum absolute atomic E-state index is 12.3. The third-order valence-electron chi connectivity index (χ3n) is 2.50. The zero-order chi connectivity index (χ0) is 14.0. The van der Waals surface area contributed by atoms with Gasteiger partial charge in [-0.15, -0.1) is 11.8 Å². The van der Waals surface area contributed by atoms with Gasteiger partial charge in [-0.2, -0.15) is 13.2 Å². The molecule has 0 radical (unpaired) electrons. The molecule has 2 nitrogen and oxygen atoms in total. The number of alkyl halides is 3. The average Bonchev–Trinajstić information content (AvgIpc) is 2.74. The fraction of sp³-hybridized carbons (Fsp3) is 0.308. The molecular weight excluding hydrogens is 275 g/mol. The Morgan fingerprint density at radius 2 is 1.95 bits per heavy atom. The summed E-state index contributed by atoms with van der Waals surface area (Å²) in [5, 5.41) is 3.86. The molecule has 0 atom stereocenters. The van der Waals surface area contributed by atoms with Crippen LogP contribution in [0.25, 0.3) is 11.3 Å². The molecule has 1 heterocycles. The second-order valence-corrected chi connectivity index (χ2v) is 5.22. The van der Waals surface area contributed by atoms with Gasteiger partial charge in [-0.05, 0) is 25.5 Å². The molecule has 2 rings (SSSR count). The van der Waals surface area contributed by atoms with Crippen LogP contribution in [-0.4, -0.2) is 17.1 Å². The second kappa shape index (κ2) is 5.28. The lowest BCUT2D eigenvalue weighted by Gasteiger charge is -2.09. The SMILES string of the molecule is Cc1cc(-c2ccc(C)c(SCC(F)(F)F)c2)no1. The molecule has 0 aliphatic carbocycles. The van der Waals surface area contributed by atoms with Crippen molar-refractivity contribution in [3.8, 4) is 11.3 Å². The van der Waals surface area contributed by atoms with Crippen LogP contribution in [-0.2, 0) is 0 Å². The normalized spacial score (nSPS) is 11.8. The summed E-state index contributed by atoms with van der Waals surface area (Å²) < 4.78 is 41.7. The van der Waals surface area contributed by atoms with E-state index in [0.717, 1.165) is 22.9 Å². The van der Waals surface area contributed by atoms with Crippen LogP contribution in [0.5, 0.6) is 0 Å². The molecule has 1 aromatic heterocycles. The highest BCUT2D eigenvalue weighted by Gasteiger charge is 2.27. The first kappa shape index (κ1) is 14.0. The standard InChI is InChI=1S/C13H12F3NOS/c1-8-3-4-10(11-5-9(2)18-17-11)6-12(8)19-7-13(14,15)16/h3-6H,7H2,1-2H3. The van der Waals surface area contributed by atoms with Crippen molar-refractivity contribution in [3.63, 3.8) is 0 Å². The van der Waals surface area contributed by atoms with Crippen LogP contribution in [0.4, 0.5) is 13.2 Å². The van der Waals surface area contributed by atoms with Crippen LogP contribution in [0, 0.1) is 13.8 Å². The van der Waals surface area contributed by atoms with Crippen molar-refractivity contribution in [1.82, 2.24) is 5.16 Å². The molecule has 0 aliphatic heterocycles. The predicted octanol–water partition coefficient (Wildman–Crippen LogP) is 4.61. The summed E-state index contributed by atoms with van der Waals surface area (Å²) in [6.07, 6.45) is -4.17. The Morgan fingerprint density at radius 1 is 1.21 bits per heavy atom. The monoisotopic (exact) mass is 287 g/mol. The molecule has 102 valence electrons. The van der Waals surface area contributed by atoms with E-state index in [0.29, 0.717) is 16.3 Å². The third-order valence-corrected chi connectivity index (χ3v) is 3.73. The minimum absolute atomic E-state index is 0.607. The zero-order valence-electron chi connectivity index (χ0n) is 10.4. The van der Waals surface area contributed by atoms with Crippen molar-refractivity contribution in [2.75, 3.05) is 5.75 Å². The number of thioether (sulfide) groups is 1. The van der Waals surface area contributed by atoms with Gasteiger partial charge in [0.15, 0.2) is 0 Å². The topological polar surface area (TPSA) is 26.0 Å². The van der Waals surface area contributed by atoms with Crippen molar-refractivity contribution in [3.05, 3.63) is 35.6 Å². The van der Waals surface area contributed by atoms with Crippen LogP contribution in [0.15, 0.2) is 33.7 Å². The summed E-state index contributed by atoms with van der Waals surface area (Å²) >= 11 is 0.786. The summed E-state index contributed by atoms with van der Waals surface area (Å²) in [6, 6.07) is 7.08. The van der Waals surface area contributed by atoms with Crippen LogP contribution in [0.2, 0.25) is 0 Å². The largest absolute Gasteiger partial charge is 0.398 e. The van der Waals surface area contributed by atoms with E-state index < -0.39 is 11.9 Å². The van der Waals surface area contributed by atoms with Gasteiger partial charge < -0.3 is 4.52 Å². The quantitative estimate of drug-likeness (QED) is 0.771. The van der Waals surface area contributed by atoms with E-state index in [2.05, 4.69) is 5.16 Å². The second-order valence-electron chi connectivity index (χ2n) is 4.21. The number of nitrogens with zero attached hydrogens (tertiary/aromatic N) is 1. The van der Waals surface area contributed by atoms with Crippen molar-refractivity contribution in [1.29, 1.82) is 0 Å². The predicted molar refractivity (Wildman–Crippen MR) is 68.2 cm³/mol. The number of rotatable bonds is 3. The Hall–Kier alpha value is -1.43. The molecule has 1 aromatic carbocycles. The summed E-state index contributed by atoms with van der Waals surface area (Å²) in [5.41, 5.74) is 2.21. The van der Waals surface area contributed by atoms with E-state index in [1.165, 1.54) is 0 Å². The molecule has 0 saturated carbocycles. The van der Waals surface area contributed by atoms with Gasteiger partial charge in [0.2, 0.25) is 0 Å². The molecule has 2 aromatic rings. The Balaban J connectivity index is 2.24. The molecule has 0 aliphatic rings. The first-order valence-electron chi connectivity index (χ1n) is 5.59. The van der Waals surface area contributed by atoms with E-state index in [1.54, 1.807) is 32.0 Å². The summed E-state index contributed by atoms with van der Waals surface area (Å²) in [7, 11) is 0. The van der Waals surface area contributed by atoms with E-state index in [-0.39, 0.29) is 0 Å². The van der Waals surface area contributed by atoms with Crippen molar-refractivity contribution >= 4 is 11.8 Å². The van der Waals surface area contributed by atoms with Crippen molar-refractivity contribution < 1.29 is 17.7 Å². The first-order chi connectivity index (χ1) is 8.85. The molecule has 0 saturated heterocycles. The van der Waals surface area contributed by atoms with Gasteiger partial charge in [-0.1, -0.05) is 17.3 Å². The molecule has 6 heteroatoms. The molecule has 0 fully saturated rings. The van der Waals surface area contributed by atoms with Crippen molar-refractivity contribution in [2.45, 2.75) is 24.9 Å². The van der Waals surface area contributed by atoms with Crippen LogP contribution in [0.3, 0.4) is 0 Å². The summed E-state index contributed by atoms with van der Waals surface area (Å²) in [4.78, 5) is 0.607. The van der Waals surface area contributed by atoms with Crippen LogP contribution in [0.1, 0.15) is 11.3 Å². The molecular formula is C13H12F3NOS. The molecule has 0 spiro atoms. The highest BCUT2D eigenvalue weighted by Crippen LogP contribution is 2.32. The van der Waals surface area contributed by atoms with Gasteiger partial charge >= 0.3 is 6.18 Å². The van der Waals surface area contributed by atoms with Gasteiger partial charge in [-0.25, -0.2) is 0 Å². The Morgan fingerprint density at radius 3 is 2.53 bits per heavy atom. The fourth-order valence-electron chi connectivity index (χ4n) is 1.58. The Kier molecular flexibility index (Phi) is 3.89. The lowest BCUT2D eigenvalue weighted by atomic mass is 10.1. The van der Waals surface area contributed by atoms with E-state index >= 15 is 0 Å². The van der Waals surface area contributed by atoms with Crippen molar-refractivity contribution in [2.24, 2.45) is 0 Å². The van der Waals surface area contributed by atoms with Gasteiger partial charge in [-0.3, -0.25) is 0 Å². The zero-order valence-corrected chi connectivity index (χ0v) is 11.2. The third kappa shape index (κ3) is 3.76. The average molecular weight is 287 g/mol. The smallest absolute Gasteiger partial charge is 0.361 e. The van der Waals surface area contributed by atoms with Gasteiger partial charge in [0.25, 0.3) is 0 Å². The first-order valence-corrected chi connectivity index (χ1v) is 6.57. The summed E-state index contributed by atoms with van der Waals surface area (Å²) in [6.45, 7) is 3.56. The van der Waals surface area contributed by atoms with Gasteiger partial charge in [0.1, 0.15) is 11.5 Å². The van der Waals surface area contributed by atoms with E-state index in [1.807, 2.05) is 6.07 Å². The molecule has 0 unspecified atom stereocenters. The van der Waals surface area contributed by atoms with E-state index in [4.69, 9.17) is 4.52 Å². The number of hydrogen-bond acceptors (Lipinski definition) is 3. The Bertz CT molecular complexity index is 578. The molecule has 0 N–H and O–H groups in total. The fourth-order valence-corrected chi connectivity index (χ4v) is 2.40. The number of hydrogen-bond donors (Lipinski definition) is 0. The van der Waals surface area contributed by atoms with Crippen LogP contribution >= 0.6 is 11.8 Å². The lowest BCUT2D eigenvalue weighted by molar-refractivity contribution is -0.105. The van der Waals surface area contributed by atoms with Gasteiger partial charge in [0, 0.05) is 16.5 Å². The maximum atomic E-state index is 12.3. The van der Waals surface area contributed by atoms with E-state index in [9.17, 15) is 13.2 Å². The minimum atomic E-state index is -4.17. The highest BCUT2D eigenvalue weighted by atomic mass is 32.2. The molecule has 19 heavy (non-hydrogen) atoms. The Labute approximate surface area is 113 Å². The maximum Gasteiger partial charge on any atom is 0.398 e. The number of benzene rings is 1.